The Morgan fingerprint density at radius 3 is 2.05 bits per heavy atom. The van der Waals surface area contributed by atoms with Crippen LogP contribution in [0.15, 0.2) is 48.5 Å². The van der Waals surface area contributed by atoms with E-state index in [-0.39, 0.29) is 12.4 Å². The number of rotatable bonds is 5. The first-order chi connectivity index (χ1) is 10.3. The van der Waals surface area contributed by atoms with Crippen LogP contribution in [-0.2, 0) is 26.9 Å². The lowest BCUT2D eigenvalue weighted by molar-refractivity contribution is 0.0472. The van der Waals surface area contributed by atoms with Crippen LogP contribution in [0.3, 0.4) is 0 Å². The molecule has 0 aliphatic carbocycles. The third-order valence-electron chi connectivity index (χ3n) is 3.11. The number of carbonyl (C=O) groups is 1. The van der Waals surface area contributed by atoms with Gasteiger partial charge in [-0.15, -0.1) is 0 Å². The van der Waals surface area contributed by atoms with Crippen molar-refractivity contribution < 1.29 is 17.9 Å². The van der Waals surface area contributed by atoms with E-state index in [1.807, 2.05) is 31.2 Å². The molecule has 0 spiro atoms. The summed E-state index contributed by atoms with van der Waals surface area (Å²) in [7, 11) is -3.08. The van der Waals surface area contributed by atoms with Crippen LogP contribution in [0.2, 0.25) is 0 Å². The Hall–Kier alpha value is -2.14. The minimum Gasteiger partial charge on any atom is -0.457 e. The SMILES string of the molecule is Cc1ccc(COC(=O)c2ccc(CS(C)(=O)=O)cc2)cc1. The van der Waals surface area contributed by atoms with Crippen LogP contribution >= 0.6 is 0 Å². The van der Waals surface area contributed by atoms with Crippen molar-refractivity contribution in [2.24, 2.45) is 0 Å². The molecule has 4 nitrogen and oxygen atoms in total. The number of carbonyl (C=O) groups excluding carboxylic acids is 1. The molecule has 2 aromatic carbocycles. The zero-order chi connectivity index (χ0) is 16.2. The molecule has 116 valence electrons. The standard InChI is InChI=1S/C17H18O4S/c1-13-3-5-14(6-4-13)11-21-17(18)16-9-7-15(8-10-16)12-22(2,19)20/h3-10H,11-12H2,1-2H3. The Balaban J connectivity index is 1.96. The molecular formula is C17H18O4S. The Kier molecular flexibility index (Phi) is 4.98. The van der Waals surface area contributed by atoms with Gasteiger partial charge in [0, 0.05) is 6.26 Å². The number of ether oxygens (including phenoxy) is 1. The number of hydrogen-bond donors (Lipinski definition) is 0. The molecular weight excluding hydrogens is 300 g/mol. The zero-order valence-electron chi connectivity index (χ0n) is 12.6. The summed E-state index contributed by atoms with van der Waals surface area (Å²) in [4.78, 5) is 11.9. The summed E-state index contributed by atoms with van der Waals surface area (Å²) < 4.78 is 27.7. The van der Waals surface area contributed by atoms with Crippen LogP contribution < -0.4 is 0 Å². The number of hydrogen-bond acceptors (Lipinski definition) is 4. The average Bonchev–Trinajstić information content (AvgIpc) is 2.45. The molecule has 0 bridgehead atoms. The van der Waals surface area contributed by atoms with Gasteiger partial charge in [-0.05, 0) is 30.2 Å². The summed E-state index contributed by atoms with van der Waals surface area (Å²) in [5.74, 6) is -0.461. The van der Waals surface area contributed by atoms with Gasteiger partial charge in [0.1, 0.15) is 6.61 Å². The highest BCUT2D eigenvalue weighted by Crippen LogP contribution is 2.11. The maximum atomic E-state index is 11.9. The van der Waals surface area contributed by atoms with Crippen molar-refractivity contribution in [1.82, 2.24) is 0 Å². The minimum absolute atomic E-state index is 0.0360. The van der Waals surface area contributed by atoms with Gasteiger partial charge in [-0.2, -0.15) is 0 Å². The number of benzene rings is 2. The first kappa shape index (κ1) is 16.2. The molecule has 0 N–H and O–H groups in total. The van der Waals surface area contributed by atoms with Gasteiger partial charge in [-0.1, -0.05) is 42.0 Å². The van der Waals surface area contributed by atoms with Crippen LogP contribution in [0.25, 0.3) is 0 Å². The number of esters is 1. The molecule has 0 amide bonds. The van der Waals surface area contributed by atoms with Gasteiger partial charge in [0.2, 0.25) is 0 Å². The van der Waals surface area contributed by atoms with Crippen LogP contribution in [0, 0.1) is 6.92 Å². The lowest BCUT2D eigenvalue weighted by Gasteiger charge is -2.06. The second-order valence-corrected chi connectivity index (χ2v) is 7.47. The van der Waals surface area contributed by atoms with Gasteiger partial charge in [-0.25, -0.2) is 13.2 Å². The highest BCUT2D eigenvalue weighted by Gasteiger charge is 2.09. The van der Waals surface area contributed by atoms with E-state index in [1.165, 1.54) is 6.26 Å². The summed E-state index contributed by atoms with van der Waals surface area (Å²) in [6.07, 6.45) is 1.18. The molecule has 5 heteroatoms. The van der Waals surface area contributed by atoms with Gasteiger partial charge in [0.05, 0.1) is 11.3 Å². The molecule has 0 aliphatic rings. The van der Waals surface area contributed by atoms with Crippen molar-refractivity contribution in [3.05, 3.63) is 70.8 Å². The normalized spacial score (nSPS) is 11.2. The van der Waals surface area contributed by atoms with Gasteiger partial charge < -0.3 is 4.74 Å². The maximum Gasteiger partial charge on any atom is 0.338 e. The van der Waals surface area contributed by atoms with E-state index in [2.05, 4.69) is 0 Å². The van der Waals surface area contributed by atoms with Crippen LogP contribution in [-0.4, -0.2) is 20.6 Å². The highest BCUT2D eigenvalue weighted by molar-refractivity contribution is 7.89. The van der Waals surface area contributed by atoms with Crippen molar-refractivity contribution in [3.63, 3.8) is 0 Å². The van der Waals surface area contributed by atoms with Crippen molar-refractivity contribution >= 4 is 15.8 Å². The van der Waals surface area contributed by atoms with E-state index >= 15 is 0 Å². The van der Waals surface area contributed by atoms with Crippen molar-refractivity contribution in [2.45, 2.75) is 19.3 Å². The first-order valence-corrected chi connectivity index (χ1v) is 8.89. The van der Waals surface area contributed by atoms with E-state index in [4.69, 9.17) is 4.74 Å². The molecule has 0 saturated heterocycles. The second kappa shape index (κ2) is 6.75. The molecule has 0 heterocycles. The predicted octanol–water partition coefficient (Wildman–Crippen LogP) is 2.90. The highest BCUT2D eigenvalue weighted by atomic mass is 32.2. The van der Waals surface area contributed by atoms with E-state index in [1.54, 1.807) is 24.3 Å². The third-order valence-corrected chi connectivity index (χ3v) is 3.97. The van der Waals surface area contributed by atoms with Gasteiger partial charge in [-0.3, -0.25) is 0 Å². The van der Waals surface area contributed by atoms with E-state index in [0.717, 1.165) is 11.1 Å². The Bertz CT molecular complexity index is 744. The average molecular weight is 318 g/mol. The van der Waals surface area contributed by atoms with E-state index < -0.39 is 15.8 Å². The lowest BCUT2D eigenvalue weighted by Crippen LogP contribution is -2.06. The molecule has 0 unspecified atom stereocenters. The quantitative estimate of drug-likeness (QED) is 0.795. The fourth-order valence-corrected chi connectivity index (χ4v) is 2.75. The van der Waals surface area contributed by atoms with Gasteiger partial charge in [0.25, 0.3) is 0 Å². The van der Waals surface area contributed by atoms with Crippen molar-refractivity contribution in [1.29, 1.82) is 0 Å². The third kappa shape index (κ3) is 5.00. The Morgan fingerprint density at radius 2 is 1.50 bits per heavy atom. The Morgan fingerprint density at radius 1 is 0.955 bits per heavy atom. The molecule has 2 aromatic rings. The predicted molar refractivity (Wildman–Crippen MR) is 85.3 cm³/mol. The van der Waals surface area contributed by atoms with Crippen molar-refractivity contribution in [3.8, 4) is 0 Å². The minimum atomic E-state index is -3.08. The zero-order valence-corrected chi connectivity index (χ0v) is 13.4. The smallest absolute Gasteiger partial charge is 0.338 e. The molecule has 0 fully saturated rings. The molecule has 0 radical (unpaired) electrons. The topological polar surface area (TPSA) is 60.4 Å². The molecule has 0 aliphatic heterocycles. The summed E-state index contributed by atoms with van der Waals surface area (Å²) >= 11 is 0. The fraction of sp³-hybridized carbons (Fsp3) is 0.235. The fourth-order valence-electron chi connectivity index (χ4n) is 1.96. The number of sulfone groups is 1. The molecule has 2 rings (SSSR count). The molecule has 0 aromatic heterocycles. The van der Waals surface area contributed by atoms with Gasteiger partial charge in [0.15, 0.2) is 9.84 Å². The summed E-state index contributed by atoms with van der Waals surface area (Å²) in [5, 5.41) is 0. The van der Waals surface area contributed by atoms with Crippen LogP contribution in [0.5, 0.6) is 0 Å². The summed E-state index contributed by atoms with van der Waals surface area (Å²) in [6.45, 7) is 2.21. The molecule has 0 atom stereocenters. The Labute approximate surface area is 130 Å². The summed E-state index contributed by atoms with van der Waals surface area (Å²) in [6, 6.07) is 14.2. The summed E-state index contributed by atoms with van der Waals surface area (Å²) in [5.41, 5.74) is 3.13. The van der Waals surface area contributed by atoms with Gasteiger partial charge >= 0.3 is 5.97 Å². The second-order valence-electron chi connectivity index (χ2n) is 5.33. The van der Waals surface area contributed by atoms with Crippen molar-refractivity contribution in [2.75, 3.05) is 6.26 Å². The van der Waals surface area contributed by atoms with E-state index in [0.29, 0.717) is 11.1 Å². The molecule has 0 saturated carbocycles. The van der Waals surface area contributed by atoms with Crippen LogP contribution in [0.4, 0.5) is 0 Å². The lowest BCUT2D eigenvalue weighted by atomic mass is 10.1. The number of aryl methyl sites for hydroxylation is 1. The maximum absolute atomic E-state index is 11.9. The van der Waals surface area contributed by atoms with E-state index in [9.17, 15) is 13.2 Å². The largest absolute Gasteiger partial charge is 0.457 e. The first-order valence-electron chi connectivity index (χ1n) is 6.83. The van der Waals surface area contributed by atoms with Crippen LogP contribution in [0.1, 0.15) is 27.0 Å². The molecule has 22 heavy (non-hydrogen) atoms. The monoisotopic (exact) mass is 318 g/mol.